The molecular weight excluding hydrogens is 457 g/mol. The van der Waals surface area contributed by atoms with Crippen molar-refractivity contribution in [3.63, 3.8) is 0 Å². The SMILES string of the molecule is CCNC(=O)c1cnc(Nc2ccc3c(c2)CCNC3(C)C)nc1Nc1ccc(F)c(C(C)(C)C)n1. The summed E-state index contributed by atoms with van der Waals surface area (Å²) in [5.74, 6) is 0.304. The van der Waals surface area contributed by atoms with E-state index in [0.29, 0.717) is 24.0 Å². The van der Waals surface area contributed by atoms with Gasteiger partial charge in [0.2, 0.25) is 5.95 Å². The minimum Gasteiger partial charge on any atom is -0.352 e. The first-order valence-electron chi connectivity index (χ1n) is 12.2. The van der Waals surface area contributed by atoms with Gasteiger partial charge >= 0.3 is 0 Å². The van der Waals surface area contributed by atoms with Gasteiger partial charge in [-0.3, -0.25) is 4.79 Å². The molecule has 4 rings (SSSR count). The summed E-state index contributed by atoms with van der Waals surface area (Å²) >= 11 is 0. The minimum atomic E-state index is -0.487. The van der Waals surface area contributed by atoms with Crippen molar-refractivity contribution in [1.82, 2.24) is 25.6 Å². The first-order valence-corrected chi connectivity index (χ1v) is 12.2. The molecule has 0 saturated heterocycles. The zero-order chi connectivity index (χ0) is 26.1. The monoisotopic (exact) mass is 491 g/mol. The molecule has 3 heterocycles. The highest BCUT2D eigenvalue weighted by Crippen LogP contribution is 2.31. The molecule has 4 N–H and O–H groups in total. The number of rotatable bonds is 6. The second-order valence-corrected chi connectivity index (χ2v) is 10.5. The van der Waals surface area contributed by atoms with Gasteiger partial charge in [-0.25, -0.2) is 14.4 Å². The number of aromatic nitrogens is 3. The number of carbonyl (C=O) groups excluding carboxylic acids is 1. The largest absolute Gasteiger partial charge is 0.352 e. The highest BCUT2D eigenvalue weighted by Gasteiger charge is 2.27. The molecule has 0 saturated carbocycles. The summed E-state index contributed by atoms with van der Waals surface area (Å²) in [5, 5.41) is 12.7. The van der Waals surface area contributed by atoms with Crippen LogP contribution in [0.15, 0.2) is 36.5 Å². The molecule has 36 heavy (non-hydrogen) atoms. The number of anilines is 4. The van der Waals surface area contributed by atoms with Gasteiger partial charge < -0.3 is 21.3 Å². The molecule has 1 aliphatic rings. The summed E-state index contributed by atoms with van der Waals surface area (Å²) in [5.41, 5.74) is 3.42. The summed E-state index contributed by atoms with van der Waals surface area (Å²) < 4.78 is 14.4. The molecule has 8 nitrogen and oxygen atoms in total. The predicted molar refractivity (Wildman–Crippen MR) is 141 cm³/mol. The molecule has 2 aromatic heterocycles. The van der Waals surface area contributed by atoms with Crippen LogP contribution < -0.4 is 21.3 Å². The fraction of sp³-hybridized carbons (Fsp3) is 0.407. The zero-order valence-electron chi connectivity index (χ0n) is 21.7. The van der Waals surface area contributed by atoms with Crippen LogP contribution in [0.3, 0.4) is 0 Å². The summed E-state index contributed by atoms with van der Waals surface area (Å²) in [4.78, 5) is 26.1. The van der Waals surface area contributed by atoms with Crippen molar-refractivity contribution < 1.29 is 9.18 Å². The molecule has 0 atom stereocenters. The second-order valence-electron chi connectivity index (χ2n) is 10.5. The maximum Gasteiger partial charge on any atom is 0.256 e. The number of amides is 1. The lowest BCUT2D eigenvalue weighted by atomic mass is 9.85. The summed E-state index contributed by atoms with van der Waals surface area (Å²) in [6.07, 6.45) is 2.41. The van der Waals surface area contributed by atoms with Crippen LogP contribution in [0.4, 0.5) is 27.7 Å². The van der Waals surface area contributed by atoms with E-state index >= 15 is 0 Å². The molecule has 0 radical (unpaired) electrons. The molecule has 1 amide bonds. The molecule has 0 bridgehead atoms. The van der Waals surface area contributed by atoms with Gasteiger partial charge in [0.1, 0.15) is 23.0 Å². The fourth-order valence-electron chi connectivity index (χ4n) is 4.34. The first-order chi connectivity index (χ1) is 17.0. The van der Waals surface area contributed by atoms with Crippen LogP contribution in [0.5, 0.6) is 0 Å². The van der Waals surface area contributed by atoms with Crippen molar-refractivity contribution in [3.05, 3.63) is 64.7 Å². The predicted octanol–water partition coefficient (Wildman–Crippen LogP) is 4.93. The van der Waals surface area contributed by atoms with Crippen molar-refractivity contribution in [3.8, 4) is 0 Å². The Morgan fingerprint density at radius 1 is 1.14 bits per heavy atom. The summed E-state index contributed by atoms with van der Waals surface area (Å²) in [6.45, 7) is 13.2. The van der Waals surface area contributed by atoms with E-state index in [-0.39, 0.29) is 28.6 Å². The molecule has 3 aromatic rings. The standard InChI is InChI=1S/C27H34FN7O/c1-7-29-24(36)18-15-30-25(32-17-8-9-19-16(14-17)12-13-31-27(19,5)6)35-23(18)34-21-11-10-20(28)22(33-21)26(2,3)4/h8-11,14-15,31H,7,12-13H2,1-6H3,(H,29,36)(H2,30,32,33,34,35). The van der Waals surface area contributed by atoms with Crippen molar-refractivity contribution >= 4 is 29.2 Å². The van der Waals surface area contributed by atoms with Crippen molar-refractivity contribution in [1.29, 1.82) is 0 Å². The Morgan fingerprint density at radius 2 is 1.92 bits per heavy atom. The van der Waals surface area contributed by atoms with Crippen LogP contribution in [0, 0.1) is 5.82 Å². The number of hydrogen-bond acceptors (Lipinski definition) is 7. The van der Waals surface area contributed by atoms with Crippen molar-refractivity contribution in [2.45, 2.75) is 58.9 Å². The highest BCUT2D eigenvalue weighted by molar-refractivity contribution is 5.99. The zero-order valence-corrected chi connectivity index (χ0v) is 21.7. The Morgan fingerprint density at radius 3 is 2.64 bits per heavy atom. The topological polar surface area (TPSA) is 104 Å². The average Bonchev–Trinajstić information content (AvgIpc) is 2.79. The molecule has 9 heteroatoms. The van der Waals surface area contributed by atoms with Gasteiger partial charge in [0.05, 0.1) is 5.69 Å². The Balaban J connectivity index is 1.67. The first kappa shape index (κ1) is 25.5. The molecular formula is C27H34FN7O. The van der Waals surface area contributed by atoms with Gasteiger partial charge in [-0.15, -0.1) is 0 Å². The smallest absolute Gasteiger partial charge is 0.256 e. The van der Waals surface area contributed by atoms with E-state index in [1.54, 1.807) is 0 Å². The highest BCUT2D eigenvalue weighted by atomic mass is 19.1. The van der Waals surface area contributed by atoms with Crippen LogP contribution >= 0.6 is 0 Å². The number of benzene rings is 1. The molecule has 1 aliphatic heterocycles. The molecule has 190 valence electrons. The number of pyridine rings is 1. The number of nitrogens with zero attached hydrogens (tertiary/aromatic N) is 3. The Labute approximate surface area is 211 Å². The lowest BCUT2D eigenvalue weighted by molar-refractivity contribution is 0.0956. The quantitative estimate of drug-likeness (QED) is 0.388. The third-order valence-electron chi connectivity index (χ3n) is 6.17. The lowest BCUT2D eigenvalue weighted by Gasteiger charge is -2.34. The van der Waals surface area contributed by atoms with Gasteiger partial charge in [-0.1, -0.05) is 26.8 Å². The van der Waals surface area contributed by atoms with E-state index in [2.05, 4.69) is 62.2 Å². The summed E-state index contributed by atoms with van der Waals surface area (Å²) in [6, 6.07) is 9.12. The van der Waals surface area contributed by atoms with Gasteiger partial charge in [-0.2, -0.15) is 4.98 Å². The van der Waals surface area contributed by atoms with Gasteiger partial charge in [0.15, 0.2) is 0 Å². The molecule has 0 aliphatic carbocycles. The van der Waals surface area contributed by atoms with E-state index in [0.717, 1.165) is 18.7 Å². The van der Waals surface area contributed by atoms with E-state index in [1.807, 2.05) is 33.8 Å². The number of nitrogens with one attached hydrogen (secondary N) is 4. The van der Waals surface area contributed by atoms with Crippen LogP contribution in [0.25, 0.3) is 0 Å². The molecule has 0 spiro atoms. The van der Waals surface area contributed by atoms with Crippen LogP contribution in [0.1, 0.15) is 68.7 Å². The maximum absolute atomic E-state index is 14.4. The van der Waals surface area contributed by atoms with Gasteiger partial charge in [0.25, 0.3) is 5.91 Å². The normalized spacial score (nSPS) is 14.6. The third kappa shape index (κ3) is 5.46. The van der Waals surface area contributed by atoms with E-state index in [1.165, 1.54) is 29.5 Å². The van der Waals surface area contributed by atoms with Crippen molar-refractivity contribution in [2.75, 3.05) is 23.7 Å². The molecule has 1 aromatic carbocycles. The lowest BCUT2D eigenvalue weighted by Crippen LogP contribution is -2.42. The van der Waals surface area contributed by atoms with E-state index < -0.39 is 5.41 Å². The third-order valence-corrected chi connectivity index (χ3v) is 6.17. The van der Waals surface area contributed by atoms with Gasteiger partial charge in [-0.05, 0) is 69.1 Å². The number of carbonyl (C=O) groups is 1. The fourth-order valence-corrected chi connectivity index (χ4v) is 4.34. The van der Waals surface area contributed by atoms with Gasteiger partial charge in [0, 0.05) is 29.4 Å². The van der Waals surface area contributed by atoms with Crippen LogP contribution in [-0.2, 0) is 17.4 Å². The Bertz CT molecular complexity index is 1280. The molecule has 0 fully saturated rings. The maximum atomic E-state index is 14.4. The minimum absolute atomic E-state index is 0.0813. The number of hydrogen-bond donors (Lipinski definition) is 4. The average molecular weight is 492 g/mol. The van der Waals surface area contributed by atoms with Crippen LogP contribution in [-0.4, -0.2) is 33.9 Å². The summed E-state index contributed by atoms with van der Waals surface area (Å²) in [7, 11) is 0. The van der Waals surface area contributed by atoms with E-state index in [9.17, 15) is 9.18 Å². The second kappa shape index (κ2) is 9.81. The van der Waals surface area contributed by atoms with Crippen LogP contribution in [0.2, 0.25) is 0 Å². The Kier molecular flexibility index (Phi) is 6.95. The number of halogens is 1. The Hall–Kier alpha value is -3.59. The van der Waals surface area contributed by atoms with E-state index in [4.69, 9.17) is 0 Å². The van der Waals surface area contributed by atoms with Crippen molar-refractivity contribution in [2.24, 2.45) is 0 Å². The molecule has 0 unspecified atom stereocenters. The number of fused-ring (bicyclic) bond motifs is 1.